The number of aromatic nitrogens is 2. The van der Waals surface area contributed by atoms with Crippen molar-refractivity contribution in [3.63, 3.8) is 0 Å². The summed E-state index contributed by atoms with van der Waals surface area (Å²) in [7, 11) is 0. The van der Waals surface area contributed by atoms with E-state index in [1.807, 2.05) is 37.3 Å². The van der Waals surface area contributed by atoms with Gasteiger partial charge in [0.25, 0.3) is 11.8 Å². The molecule has 10 nitrogen and oxygen atoms in total. The second kappa shape index (κ2) is 12.7. The molecule has 38 heavy (non-hydrogen) atoms. The van der Waals surface area contributed by atoms with Crippen molar-refractivity contribution in [3.05, 3.63) is 53.3 Å². The number of likely N-dealkylation sites (tertiary alicyclic amines) is 1. The third-order valence-corrected chi connectivity index (χ3v) is 7.18. The third kappa shape index (κ3) is 6.41. The highest BCUT2D eigenvalue weighted by Crippen LogP contribution is 2.20. The predicted octanol–water partition coefficient (Wildman–Crippen LogP) is 2.58. The van der Waals surface area contributed by atoms with E-state index in [9.17, 15) is 19.2 Å². The van der Waals surface area contributed by atoms with Gasteiger partial charge in [0.2, 0.25) is 5.91 Å². The topological polar surface area (TPSA) is 105 Å². The predicted molar refractivity (Wildman–Crippen MR) is 140 cm³/mol. The zero-order valence-electron chi connectivity index (χ0n) is 22.3. The molecule has 204 valence electrons. The Morgan fingerprint density at radius 1 is 1.08 bits per heavy atom. The van der Waals surface area contributed by atoms with Crippen molar-refractivity contribution in [2.75, 3.05) is 39.3 Å². The Morgan fingerprint density at radius 3 is 2.61 bits per heavy atom. The van der Waals surface area contributed by atoms with Crippen LogP contribution < -0.4 is 0 Å². The summed E-state index contributed by atoms with van der Waals surface area (Å²) in [5.41, 5.74) is 1.67. The van der Waals surface area contributed by atoms with Crippen LogP contribution in [0.5, 0.6) is 0 Å². The van der Waals surface area contributed by atoms with Gasteiger partial charge in [-0.15, -0.1) is 0 Å². The summed E-state index contributed by atoms with van der Waals surface area (Å²) in [6.07, 6.45) is 2.37. The van der Waals surface area contributed by atoms with Crippen LogP contribution in [-0.4, -0.2) is 87.5 Å². The SMILES string of the molecule is CCOC(=O)C1CCCN(C(=O)CCN(CC)C(=O)c2cc3n(n2)CCCN(Cc2ccccc2)C3=O)C1. The van der Waals surface area contributed by atoms with Crippen molar-refractivity contribution in [1.29, 1.82) is 0 Å². The summed E-state index contributed by atoms with van der Waals surface area (Å²) in [6.45, 7) is 7.24. The highest BCUT2D eigenvalue weighted by molar-refractivity contribution is 5.98. The van der Waals surface area contributed by atoms with E-state index in [-0.39, 0.29) is 48.3 Å². The molecule has 1 aromatic heterocycles. The lowest BCUT2D eigenvalue weighted by atomic mass is 9.98. The standard InChI is InChI=1S/C28H37N5O5/c1-3-30(17-13-25(34)31-14-8-12-22(20-31)28(37)38-4-2)26(35)23-18-24-27(36)32(15-9-16-33(24)29-23)19-21-10-6-5-7-11-21/h5-7,10-11,18,22H,3-4,8-9,12-17,19-20H2,1-2H3. The Kier molecular flexibility index (Phi) is 9.15. The van der Waals surface area contributed by atoms with E-state index in [1.165, 1.54) is 0 Å². The maximum atomic E-state index is 13.3. The van der Waals surface area contributed by atoms with Gasteiger partial charge in [-0.3, -0.25) is 23.9 Å². The molecule has 1 fully saturated rings. The van der Waals surface area contributed by atoms with Crippen LogP contribution in [0.2, 0.25) is 0 Å². The Morgan fingerprint density at radius 2 is 1.87 bits per heavy atom. The first kappa shape index (κ1) is 27.3. The Hall–Kier alpha value is -3.69. The van der Waals surface area contributed by atoms with Crippen molar-refractivity contribution in [2.24, 2.45) is 5.92 Å². The number of hydrogen-bond donors (Lipinski definition) is 0. The molecular weight excluding hydrogens is 486 g/mol. The summed E-state index contributed by atoms with van der Waals surface area (Å²) in [4.78, 5) is 56.7. The third-order valence-electron chi connectivity index (χ3n) is 7.18. The average molecular weight is 524 g/mol. The molecule has 1 atom stereocenters. The van der Waals surface area contributed by atoms with Gasteiger partial charge in [0, 0.05) is 58.3 Å². The molecule has 1 aromatic carbocycles. The van der Waals surface area contributed by atoms with E-state index in [4.69, 9.17) is 4.74 Å². The monoisotopic (exact) mass is 523 g/mol. The molecule has 3 amide bonds. The molecule has 0 radical (unpaired) electrons. The van der Waals surface area contributed by atoms with Gasteiger partial charge in [-0.05, 0) is 38.7 Å². The van der Waals surface area contributed by atoms with Crippen molar-refractivity contribution in [2.45, 2.75) is 52.6 Å². The molecule has 1 unspecified atom stereocenters. The molecule has 0 N–H and O–H groups in total. The van der Waals surface area contributed by atoms with Gasteiger partial charge >= 0.3 is 5.97 Å². The Labute approximate surface area is 223 Å². The number of fused-ring (bicyclic) bond motifs is 1. The minimum Gasteiger partial charge on any atom is -0.466 e. The van der Waals surface area contributed by atoms with E-state index in [1.54, 1.807) is 32.4 Å². The number of esters is 1. The van der Waals surface area contributed by atoms with E-state index < -0.39 is 0 Å². The smallest absolute Gasteiger partial charge is 0.310 e. The van der Waals surface area contributed by atoms with E-state index in [0.29, 0.717) is 58.0 Å². The zero-order valence-corrected chi connectivity index (χ0v) is 22.3. The van der Waals surface area contributed by atoms with Crippen LogP contribution in [0.25, 0.3) is 0 Å². The lowest BCUT2D eigenvalue weighted by molar-refractivity contribution is -0.151. The fourth-order valence-electron chi connectivity index (χ4n) is 5.10. The van der Waals surface area contributed by atoms with Gasteiger partial charge in [-0.25, -0.2) is 0 Å². The zero-order chi connectivity index (χ0) is 27.1. The maximum absolute atomic E-state index is 13.3. The summed E-state index contributed by atoms with van der Waals surface area (Å²) < 4.78 is 6.75. The first-order chi connectivity index (χ1) is 18.4. The minimum absolute atomic E-state index is 0.0856. The molecule has 0 aliphatic carbocycles. The number of carbonyl (C=O) groups excluding carboxylic acids is 4. The fourth-order valence-corrected chi connectivity index (χ4v) is 5.10. The summed E-state index contributed by atoms with van der Waals surface area (Å²) >= 11 is 0. The number of carbonyl (C=O) groups is 4. The number of benzene rings is 1. The number of nitrogens with zero attached hydrogens (tertiary/aromatic N) is 5. The molecule has 0 saturated carbocycles. The normalized spacial score (nSPS) is 17.5. The molecule has 2 aromatic rings. The van der Waals surface area contributed by atoms with Crippen LogP contribution in [0.1, 0.15) is 66.1 Å². The summed E-state index contributed by atoms with van der Waals surface area (Å²) in [5.74, 6) is -1.08. The van der Waals surface area contributed by atoms with E-state index in [0.717, 1.165) is 18.4 Å². The second-order valence-corrected chi connectivity index (χ2v) is 9.77. The van der Waals surface area contributed by atoms with Crippen molar-refractivity contribution in [3.8, 4) is 0 Å². The van der Waals surface area contributed by atoms with E-state index in [2.05, 4.69) is 5.10 Å². The number of aryl methyl sites for hydroxylation is 1. The minimum atomic E-state index is -0.300. The van der Waals surface area contributed by atoms with Crippen molar-refractivity contribution < 1.29 is 23.9 Å². The second-order valence-electron chi connectivity index (χ2n) is 9.77. The van der Waals surface area contributed by atoms with Crippen molar-refractivity contribution >= 4 is 23.7 Å². The molecule has 0 bridgehead atoms. The van der Waals surface area contributed by atoms with Crippen LogP contribution in [0, 0.1) is 5.92 Å². The van der Waals surface area contributed by atoms with Gasteiger partial charge in [0.05, 0.1) is 12.5 Å². The van der Waals surface area contributed by atoms with Gasteiger partial charge in [-0.1, -0.05) is 30.3 Å². The molecular formula is C28H37N5O5. The molecule has 10 heteroatoms. The van der Waals surface area contributed by atoms with Gasteiger partial charge < -0.3 is 19.4 Å². The quantitative estimate of drug-likeness (QED) is 0.468. The Balaban J connectivity index is 1.37. The van der Waals surface area contributed by atoms with Gasteiger partial charge in [0.15, 0.2) is 5.69 Å². The van der Waals surface area contributed by atoms with Crippen LogP contribution in [-0.2, 0) is 27.4 Å². The molecule has 2 aliphatic heterocycles. The number of rotatable bonds is 9. The van der Waals surface area contributed by atoms with Crippen LogP contribution in [0.4, 0.5) is 0 Å². The molecule has 1 saturated heterocycles. The number of hydrogen-bond acceptors (Lipinski definition) is 6. The Bertz CT molecular complexity index is 1150. The summed E-state index contributed by atoms with van der Waals surface area (Å²) in [6, 6.07) is 11.4. The first-order valence-electron chi connectivity index (χ1n) is 13.6. The number of amides is 3. The highest BCUT2D eigenvalue weighted by Gasteiger charge is 2.31. The molecule has 0 spiro atoms. The maximum Gasteiger partial charge on any atom is 0.310 e. The van der Waals surface area contributed by atoms with E-state index >= 15 is 0 Å². The van der Waals surface area contributed by atoms with Gasteiger partial charge in [-0.2, -0.15) is 5.10 Å². The fraction of sp³-hybridized carbons (Fsp3) is 0.536. The lowest BCUT2D eigenvalue weighted by Crippen LogP contribution is -2.44. The highest BCUT2D eigenvalue weighted by atomic mass is 16.5. The summed E-state index contributed by atoms with van der Waals surface area (Å²) in [5, 5.41) is 4.47. The molecule has 2 aliphatic rings. The van der Waals surface area contributed by atoms with Crippen molar-refractivity contribution in [1.82, 2.24) is 24.5 Å². The number of piperidine rings is 1. The van der Waals surface area contributed by atoms with Crippen LogP contribution in [0.15, 0.2) is 36.4 Å². The largest absolute Gasteiger partial charge is 0.466 e. The molecule has 4 rings (SSSR count). The first-order valence-corrected chi connectivity index (χ1v) is 13.6. The lowest BCUT2D eigenvalue weighted by Gasteiger charge is -2.32. The average Bonchev–Trinajstić information content (AvgIpc) is 3.31. The molecule has 3 heterocycles. The van der Waals surface area contributed by atoms with Crippen LogP contribution in [0.3, 0.4) is 0 Å². The number of ether oxygens (including phenoxy) is 1. The van der Waals surface area contributed by atoms with Gasteiger partial charge in [0.1, 0.15) is 5.69 Å². The van der Waals surface area contributed by atoms with Crippen LogP contribution >= 0.6 is 0 Å².